The Labute approximate surface area is 175 Å². The molecule has 0 unspecified atom stereocenters. The highest BCUT2D eigenvalue weighted by molar-refractivity contribution is 6.32. The van der Waals surface area contributed by atoms with Crippen molar-refractivity contribution in [3.05, 3.63) is 82.6 Å². The zero-order valence-corrected chi connectivity index (χ0v) is 17.2. The van der Waals surface area contributed by atoms with Crippen LogP contribution in [0, 0.1) is 6.92 Å². The van der Waals surface area contributed by atoms with Gasteiger partial charge in [-0.15, -0.1) is 0 Å². The monoisotopic (exact) mass is 410 g/mol. The number of benzene rings is 2. The Hall–Kier alpha value is -3.12. The normalized spacial score (nSPS) is 10.6. The third-order valence-electron chi connectivity index (χ3n) is 4.65. The summed E-state index contributed by atoms with van der Waals surface area (Å²) in [4.78, 5) is 26.5. The van der Waals surface area contributed by atoms with Crippen LogP contribution >= 0.6 is 11.6 Å². The first kappa shape index (κ1) is 20.6. The summed E-state index contributed by atoms with van der Waals surface area (Å²) in [5.41, 5.74) is 2.91. The van der Waals surface area contributed by atoms with Crippen molar-refractivity contribution in [1.29, 1.82) is 0 Å². The number of rotatable bonds is 7. The lowest BCUT2D eigenvalue weighted by molar-refractivity contribution is -0.130. The van der Waals surface area contributed by atoms with Gasteiger partial charge in [-0.25, -0.2) is 4.68 Å². The molecule has 3 rings (SSSR count). The quantitative estimate of drug-likeness (QED) is 0.647. The van der Waals surface area contributed by atoms with E-state index in [1.807, 2.05) is 55.5 Å². The lowest BCUT2D eigenvalue weighted by Crippen LogP contribution is -2.32. The smallest absolute Gasteiger partial charge is 0.254 e. The van der Waals surface area contributed by atoms with Gasteiger partial charge in [0.2, 0.25) is 5.91 Å². The van der Waals surface area contributed by atoms with Crippen molar-refractivity contribution in [1.82, 2.24) is 20.0 Å². The van der Waals surface area contributed by atoms with Gasteiger partial charge in [0, 0.05) is 26.6 Å². The Morgan fingerprint density at radius 1 is 1.10 bits per heavy atom. The summed E-state index contributed by atoms with van der Waals surface area (Å²) in [6.07, 6.45) is 1.74. The fourth-order valence-corrected chi connectivity index (χ4v) is 3.23. The lowest BCUT2D eigenvalue weighted by atomic mass is 10.2. The first-order valence-electron chi connectivity index (χ1n) is 9.33. The number of nitrogens with one attached hydrogen (secondary N) is 1. The minimum atomic E-state index is -0.265. The summed E-state index contributed by atoms with van der Waals surface area (Å²) in [6, 6.07) is 17.1. The molecule has 1 heterocycles. The van der Waals surface area contributed by atoms with E-state index in [0.717, 1.165) is 5.56 Å². The fourth-order valence-electron chi connectivity index (χ4n) is 3.01. The van der Waals surface area contributed by atoms with Crippen molar-refractivity contribution < 1.29 is 9.59 Å². The maximum Gasteiger partial charge on any atom is 0.254 e. The molecule has 1 N–H and O–H groups in total. The summed E-state index contributed by atoms with van der Waals surface area (Å²) in [6.45, 7) is 2.61. The second kappa shape index (κ2) is 9.39. The summed E-state index contributed by atoms with van der Waals surface area (Å²) in [7, 11) is 1.76. The molecule has 0 spiro atoms. The number of para-hydroxylation sites is 1. The van der Waals surface area contributed by atoms with Gasteiger partial charge in [0.05, 0.1) is 28.2 Å². The number of amides is 2. The van der Waals surface area contributed by atoms with Crippen molar-refractivity contribution >= 4 is 23.4 Å². The molecular weight excluding hydrogens is 388 g/mol. The number of carbonyl (C=O) groups excluding carboxylic acids is 2. The second-order valence-corrected chi connectivity index (χ2v) is 7.16. The number of carbonyl (C=O) groups is 2. The highest BCUT2D eigenvalue weighted by atomic mass is 35.5. The predicted molar refractivity (Wildman–Crippen MR) is 113 cm³/mol. The molecule has 0 saturated carbocycles. The molecule has 150 valence electrons. The van der Waals surface area contributed by atoms with Gasteiger partial charge in [-0.3, -0.25) is 9.59 Å². The van der Waals surface area contributed by atoms with E-state index in [1.54, 1.807) is 22.7 Å². The van der Waals surface area contributed by atoms with E-state index >= 15 is 0 Å². The second-order valence-electron chi connectivity index (χ2n) is 6.75. The number of hydrogen-bond donors (Lipinski definition) is 1. The molecule has 0 saturated heterocycles. The molecule has 0 aliphatic heterocycles. The van der Waals surface area contributed by atoms with Gasteiger partial charge >= 0.3 is 0 Å². The molecule has 0 aliphatic carbocycles. The average Bonchev–Trinajstić information content (AvgIpc) is 3.10. The van der Waals surface area contributed by atoms with Gasteiger partial charge in [-0.1, -0.05) is 54.1 Å². The summed E-state index contributed by atoms with van der Waals surface area (Å²) in [5.74, 6) is -0.294. The molecule has 29 heavy (non-hydrogen) atoms. The number of halogens is 1. The first-order chi connectivity index (χ1) is 14.0. The molecule has 0 aliphatic rings. The highest BCUT2D eigenvalue weighted by Crippen LogP contribution is 2.22. The average molecular weight is 411 g/mol. The van der Waals surface area contributed by atoms with Crippen LogP contribution in [-0.2, 0) is 11.3 Å². The van der Waals surface area contributed by atoms with Crippen molar-refractivity contribution in [2.45, 2.75) is 19.9 Å². The Morgan fingerprint density at radius 3 is 2.52 bits per heavy atom. The molecule has 3 aromatic rings. The SMILES string of the molecule is Cc1c(C(=O)NCCC(=O)N(C)Cc2ccccc2)cnn1-c1ccccc1Cl. The molecule has 0 atom stereocenters. The van der Waals surface area contributed by atoms with Crippen molar-refractivity contribution in [2.24, 2.45) is 0 Å². The molecule has 0 fully saturated rings. The van der Waals surface area contributed by atoms with Crippen LogP contribution in [0.1, 0.15) is 28.0 Å². The Balaban J connectivity index is 1.55. The topological polar surface area (TPSA) is 67.2 Å². The Kier molecular flexibility index (Phi) is 6.67. The third-order valence-corrected chi connectivity index (χ3v) is 4.97. The van der Waals surface area contributed by atoms with E-state index in [1.165, 1.54) is 6.20 Å². The Morgan fingerprint density at radius 2 is 1.79 bits per heavy atom. The Bertz CT molecular complexity index is 1000. The fraction of sp³-hybridized carbons (Fsp3) is 0.227. The van der Waals surface area contributed by atoms with Crippen molar-refractivity contribution in [3.8, 4) is 5.69 Å². The van der Waals surface area contributed by atoms with Crippen LogP contribution < -0.4 is 5.32 Å². The molecule has 2 amide bonds. The van der Waals surface area contributed by atoms with Crippen molar-refractivity contribution in [2.75, 3.05) is 13.6 Å². The minimum absolute atomic E-state index is 0.0300. The van der Waals surface area contributed by atoms with Gasteiger partial charge in [0.25, 0.3) is 5.91 Å². The molecule has 0 radical (unpaired) electrons. The lowest BCUT2D eigenvalue weighted by Gasteiger charge is -2.17. The molecular formula is C22H23ClN4O2. The maximum atomic E-state index is 12.5. The maximum absolute atomic E-state index is 12.5. The number of nitrogens with zero attached hydrogens (tertiary/aromatic N) is 3. The van der Waals surface area contributed by atoms with E-state index in [-0.39, 0.29) is 24.8 Å². The number of aromatic nitrogens is 2. The molecule has 7 heteroatoms. The molecule has 2 aromatic carbocycles. The standard InChI is InChI=1S/C22H23ClN4O2/c1-16-18(14-25-27(16)20-11-7-6-10-19(20)23)22(29)24-13-12-21(28)26(2)15-17-8-4-3-5-9-17/h3-11,14H,12-13,15H2,1-2H3,(H,24,29). The first-order valence-corrected chi connectivity index (χ1v) is 9.71. The van der Waals surface area contributed by atoms with Crippen LogP contribution in [0.15, 0.2) is 60.8 Å². The van der Waals surface area contributed by atoms with Gasteiger partial charge < -0.3 is 10.2 Å². The van der Waals surface area contributed by atoms with E-state index in [2.05, 4.69) is 10.4 Å². The summed E-state index contributed by atoms with van der Waals surface area (Å²) in [5, 5.41) is 7.63. The van der Waals surface area contributed by atoms with E-state index in [4.69, 9.17) is 11.6 Å². The van der Waals surface area contributed by atoms with Crippen LogP contribution in [0.5, 0.6) is 0 Å². The van der Waals surface area contributed by atoms with Crippen LogP contribution in [0.25, 0.3) is 5.69 Å². The minimum Gasteiger partial charge on any atom is -0.351 e. The van der Waals surface area contributed by atoms with E-state index < -0.39 is 0 Å². The molecule has 0 bridgehead atoms. The van der Waals surface area contributed by atoms with Crippen LogP contribution in [0.4, 0.5) is 0 Å². The zero-order valence-electron chi connectivity index (χ0n) is 16.4. The van der Waals surface area contributed by atoms with Crippen LogP contribution in [0.3, 0.4) is 0 Å². The van der Waals surface area contributed by atoms with Gasteiger partial charge in [-0.05, 0) is 24.6 Å². The van der Waals surface area contributed by atoms with E-state index in [0.29, 0.717) is 28.5 Å². The summed E-state index contributed by atoms with van der Waals surface area (Å²) >= 11 is 6.22. The third kappa shape index (κ3) is 5.03. The number of hydrogen-bond acceptors (Lipinski definition) is 3. The van der Waals surface area contributed by atoms with Gasteiger partial charge in [-0.2, -0.15) is 5.10 Å². The van der Waals surface area contributed by atoms with Crippen LogP contribution in [-0.4, -0.2) is 40.1 Å². The van der Waals surface area contributed by atoms with Gasteiger partial charge in [0.1, 0.15) is 0 Å². The predicted octanol–water partition coefficient (Wildman–Crippen LogP) is 3.61. The molecule has 1 aromatic heterocycles. The highest BCUT2D eigenvalue weighted by Gasteiger charge is 2.17. The van der Waals surface area contributed by atoms with Crippen LogP contribution in [0.2, 0.25) is 5.02 Å². The van der Waals surface area contributed by atoms with E-state index in [9.17, 15) is 9.59 Å². The van der Waals surface area contributed by atoms with Gasteiger partial charge in [0.15, 0.2) is 0 Å². The zero-order chi connectivity index (χ0) is 20.8. The largest absolute Gasteiger partial charge is 0.351 e. The van der Waals surface area contributed by atoms with Crippen molar-refractivity contribution in [3.63, 3.8) is 0 Å². The molecule has 6 nitrogen and oxygen atoms in total. The summed E-state index contributed by atoms with van der Waals surface area (Å²) < 4.78 is 1.63.